The van der Waals surface area contributed by atoms with Crippen molar-refractivity contribution in [1.29, 1.82) is 0 Å². The van der Waals surface area contributed by atoms with E-state index in [1.807, 2.05) is 12.1 Å². The van der Waals surface area contributed by atoms with Gasteiger partial charge in [-0.15, -0.1) is 6.58 Å². The van der Waals surface area contributed by atoms with E-state index < -0.39 is 12.0 Å². The molecule has 126 valence electrons. The molecule has 0 spiro atoms. The molecule has 0 saturated heterocycles. The van der Waals surface area contributed by atoms with Gasteiger partial charge in [-0.3, -0.25) is 9.59 Å². The molecule has 1 rings (SSSR count). The van der Waals surface area contributed by atoms with Crippen molar-refractivity contribution in [3.63, 3.8) is 0 Å². The van der Waals surface area contributed by atoms with Crippen LogP contribution in [0.5, 0.6) is 0 Å². The van der Waals surface area contributed by atoms with Gasteiger partial charge in [0.15, 0.2) is 0 Å². The maximum absolute atomic E-state index is 11.8. The minimum atomic E-state index is -0.912. The zero-order chi connectivity index (χ0) is 17.5. The quantitative estimate of drug-likeness (QED) is 0.722. The maximum Gasteiger partial charge on any atom is 0.305 e. The van der Waals surface area contributed by atoms with E-state index in [1.165, 1.54) is 5.56 Å². The van der Waals surface area contributed by atoms with Gasteiger partial charge in [-0.05, 0) is 29.4 Å². The Morgan fingerprint density at radius 1 is 1.26 bits per heavy atom. The van der Waals surface area contributed by atoms with Crippen molar-refractivity contribution in [2.45, 2.75) is 57.9 Å². The van der Waals surface area contributed by atoms with E-state index in [2.05, 4.69) is 44.8 Å². The summed E-state index contributed by atoms with van der Waals surface area (Å²) >= 11 is 0. The molecular formula is C19H27NO3. The predicted molar refractivity (Wildman–Crippen MR) is 92.5 cm³/mol. The van der Waals surface area contributed by atoms with Crippen LogP contribution in [0.2, 0.25) is 0 Å². The van der Waals surface area contributed by atoms with Gasteiger partial charge in [0.05, 0.1) is 6.42 Å². The molecule has 0 bridgehead atoms. The second-order valence-electron chi connectivity index (χ2n) is 6.84. The molecule has 0 fully saturated rings. The number of hydrogen-bond acceptors (Lipinski definition) is 2. The molecule has 1 aromatic rings. The van der Waals surface area contributed by atoms with Crippen molar-refractivity contribution in [3.05, 3.63) is 48.0 Å². The SMILES string of the molecule is C=CCCC(=O)N[C@H](CC(=O)O)Cc1ccc(C(C)(C)C)cc1. The van der Waals surface area contributed by atoms with Crippen LogP contribution in [0, 0.1) is 0 Å². The summed E-state index contributed by atoms with van der Waals surface area (Å²) in [7, 11) is 0. The van der Waals surface area contributed by atoms with Gasteiger partial charge in [0.25, 0.3) is 0 Å². The second kappa shape index (κ2) is 8.51. The lowest BCUT2D eigenvalue weighted by atomic mass is 9.86. The maximum atomic E-state index is 11.8. The van der Waals surface area contributed by atoms with Crippen molar-refractivity contribution in [2.75, 3.05) is 0 Å². The average Bonchev–Trinajstić information content (AvgIpc) is 2.44. The Balaban J connectivity index is 2.74. The van der Waals surface area contributed by atoms with Crippen LogP contribution >= 0.6 is 0 Å². The van der Waals surface area contributed by atoms with Gasteiger partial charge >= 0.3 is 5.97 Å². The van der Waals surface area contributed by atoms with Gasteiger partial charge in [-0.25, -0.2) is 0 Å². The van der Waals surface area contributed by atoms with Crippen LogP contribution < -0.4 is 5.32 Å². The second-order valence-corrected chi connectivity index (χ2v) is 6.84. The van der Waals surface area contributed by atoms with Crippen LogP contribution in [0.15, 0.2) is 36.9 Å². The number of nitrogens with one attached hydrogen (secondary N) is 1. The molecule has 1 atom stereocenters. The molecule has 0 saturated carbocycles. The molecule has 4 nitrogen and oxygen atoms in total. The minimum absolute atomic E-state index is 0.0812. The summed E-state index contributed by atoms with van der Waals surface area (Å²) in [6.07, 6.45) is 3.03. The van der Waals surface area contributed by atoms with E-state index in [9.17, 15) is 9.59 Å². The molecule has 0 aliphatic rings. The summed E-state index contributed by atoms with van der Waals surface area (Å²) in [5, 5.41) is 11.8. The number of amides is 1. The van der Waals surface area contributed by atoms with E-state index >= 15 is 0 Å². The first kappa shape index (κ1) is 18.9. The minimum Gasteiger partial charge on any atom is -0.481 e. The summed E-state index contributed by atoms with van der Waals surface area (Å²) in [5.74, 6) is -1.05. The number of rotatable bonds is 8. The van der Waals surface area contributed by atoms with Crippen molar-refractivity contribution in [2.24, 2.45) is 0 Å². The largest absolute Gasteiger partial charge is 0.481 e. The average molecular weight is 317 g/mol. The summed E-state index contributed by atoms with van der Waals surface area (Å²) in [6.45, 7) is 10.0. The first-order chi connectivity index (χ1) is 10.7. The van der Waals surface area contributed by atoms with Gasteiger partial charge in [-0.1, -0.05) is 51.1 Å². The molecule has 0 aliphatic carbocycles. The highest BCUT2D eigenvalue weighted by Gasteiger charge is 2.17. The fraction of sp³-hybridized carbons (Fsp3) is 0.474. The Hall–Kier alpha value is -2.10. The smallest absolute Gasteiger partial charge is 0.305 e. The summed E-state index contributed by atoms with van der Waals surface area (Å²) < 4.78 is 0. The molecule has 0 aromatic heterocycles. The van der Waals surface area contributed by atoms with Crippen LogP contribution in [0.1, 0.15) is 51.2 Å². The number of benzene rings is 1. The van der Waals surface area contributed by atoms with Crippen LogP contribution in [-0.2, 0) is 21.4 Å². The summed E-state index contributed by atoms with van der Waals surface area (Å²) in [4.78, 5) is 22.8. The van der Waals surface area contributed by atoms with Gasteiger partial charge in [0.1, 0.15) is 0 Å². The van der Waals surface area contributed by atoms with Gasteiger partial charge in [0.2, 0.25) is 5.91 Å². The number of hydrogen-bond donors (Lipinski definition) is 2. The third-order valence-electron chi connectivity index (χ3n) is 3.66. The molecule has 1 aromatic carbocycles. The zero-order valence-electron chi connectivity index (χ0n) is 14.3. The van der Waals surface area contributed by atoms with E-state index in [1.54, 1.807) is 6.08 Å². The van der Waals surface area contributed by atoms with E-state index in [0.29, 0.717) is 19.3 Å². The first-order valence-electron chi connectivity index (χ1n) is 7.94. The van der Waals surface area contributed by atoms with Gasteiger partial charge in [0, 0.05) is 12.5 Å². The van der Waals surface area contributed by atoms with E-state index in [4.69, 9.17) is 5.11 Å². The number of carboxylic acid groups (broad SMARTS) is 1. The number of carbonyl (C=O) groups excluding carboxylic acids is 1. The van der Waals surface area contributed by atoms with Crippen molar-refractivity contribution >= 4 is 11.9 Å². The summed E-state index contributed by atoms with van der Waals surface area (Å²) in [5.41, 5.74) is 2.33. The molecule has 23 heavy (non-hydrogen) atoms. The molecule has 4 heteroatoms. The van der Waals surface area contributed by atoms with Crippen LogP contribution in [0.25, 0.3) is 0 Å². The molecule has 1 amide bonds. The highest BCUT2D eigenvalue weighted by Crippen LogP contribution is 2.22. The number of allylic oxidation sites excluding steroid dienone is 1. The van der Waals surface area contributed by atoms with Crippen molar-refractivity contribution in [3.8, 4) is 0 Å². The molecular weight excluding hydrogens is 290 g/mol. The molecule has 0 radical (unpaired) electrons. The van der Waals surface area contributed by atoms with Gasteiger partial charge < -0.3 is 10.4 Å². The zero-order valence-corrected chi connectivity index (χ0v) is 14.3. The molecule has 0 heterocycles. The lowest BCUT2D eigenvalue weighted by Crippen LogP contribution is -2.37. The lowest BCUT2D eigenvalue weighted by Gasteiger charge is -2.20. The van der Waals surface area contributed by atoms with E-state index in [0.717, 1.165) is 5.56 Å². The van der Waals surface area contributed by atoms with Gasteiger partial charge in [-0.2, -0.15) is 0 Å². The Bertz CT molecular complexity index is 541. The van der Waals surface area contributed by atoms with E-state index in [-0.39, 0.29) is 17.7 Å². The number of aliphatic carboxylic acids is 1. The fourth-order valence-electron chi connectivity index (χ4n) is 2.34. The van der Waals surface area contributed by atoms with Crippen LogP contribution in [0.4, 0.5) is 0 Å². The van der Waals surface area contributed by atoms with Crippen LogP contribution in [-0.4, -0.2) is 23.0 Å². The molecule has 2 N–H and O–H groups in total. The number of carbonyl (C=O) groups is 2. The topological polar surface area (TPSA) is 66.4 Å². The third-order valence-corrected chi connectivity index (χ3v) is 3.66. The Morgan fingerprint density at radius 2 is 1.87 bits per heavy atom. The standard InChI is InChI=1S/C19H27NO3/c1-5-6-7-17(21)20-16(13-18(22)23)12-14-8-10-15(11-9-14)19(2,3)4/h5,8-11,16H,1,6-7,12-13H2,2-4H3,(H,20,21)(H,22,23)/t16-/m0/s1. The fourth-order valence-corrected chi connectivity index (χ4v) is 2.34. The predicted octanol–water partition coefficient (Wildman–Crippen LogP) is 3.45. The first-order valence-corrected chi connectivity index (χ1v) is 7.94. The van der Waals surface area contributed by atoms with Crippen LogP contribution in [0.3, 0.4) is 0 Å². The normalized spacial score (nSPS) is 12.5. The van der Waals surface area contributed by atoms with Crippen molar-refractivity contribution < 1.29 is 14.7 Å². The third kappa shape index (κ3) is 7.13. The molecule has 0 unspecified atom stereocenters. The lowest BCUT2D eigenvalue weighted by molar-refractivity contribution is -0.137. The molecule has 0 aliphatic heterocycles. The number of carboxylic acids is 1. The highest BCUT2D eigenvalue weighted by atomic mass is 16.4. The Labute approximate surface area is 138 Å². The Kier molecular flexibility index (Phi) is 7.01. The summed E-state index contributed by atoms with van der Waals surface area (Å²) in [6, 6.07) is 7.74. The highest BCUT2D eigenvalue weighted by molar-refractivity contribution is 5.77. The Morgan fingerprint density at radius 3 is 2.35 bits per heavy atom. The van der Waals surface area contributed by atoms with Crippen molar-refractivity contribution in [1.82, 2.24) is 5.32 Å². The monoisotopic (exact) mass is 317 g/mol.